The molecule has 0 amide bonds. The minimum Gasteiger partial charge on any atom is -0.388 e. The summed E-state index contributed by atoms with van der Waals surface area (Å²) in [5, 5.41) is 10.4. The molecule has 2 aliphatic carbocycles. The molecule has 3 rings (SSSR count). The second kappa shape index (κ2) is 3.88. The molecule has 20 heavy (non-hydrogen) atoms. The molecular formula is C19H28O. The first kappa shape index (κ1) is 14.1. The molecule has 0 radical (unpaired) electrons. The molecule has 0 bridgehead atoms. The molecule has 1 aromatic carbocycles. The Bertz CT molecular complexity index is 563. The maximum Gasteiger partial charge on any atom is 0.0801 e. The van der Waals surface area contributed by atoms with Gasteiger partial charge in [0.1, 0.15) is 0 Å². The molecule has 0 aliphatic heterocycles. The first-order valence-corrected chi connectivity index (χ1v) is 7.92. The van der Waals surface area contributed by atoms with Gasteiger partial charge in [-0.3, -0.25) is 0 Å². The van der Waals surface area contributed by atoms with Crippen molar-refractivity contribution in [1.29, 1.82) is 0 Å². The lowest BCUT2D eigenvalue weighted by Gasteiger charge is -2.42. The molecule has 0 aromatic heterocycles. The quantitative estimate of drug-likeness (QED) is 0.722. The Balaban J connectivity index is 2.28. The largest absolute Gasteiger partial charge is 0.388 e. The topological polar surface area (TPSA) is 20.2 Å². The van der Waals surface area contributed by atoms with Crippen molar-refractivity contribution in [3.8, 4) is 0 Å². The van der Waals surface area contributed by atoms with Crippen molar-refractivity contribution in [3.05, 3.63) is 34.4 Å². The van der Waals surface area contributed by atoms with Gasteiger partial charge in [0.2, 0.25) is 0 Å². The monoisotopic (exact) mass is 272 g/mol. The van der Waals surface area contributed by atoms with Crippen LogP contribution in [-0.2, 0) is 16.2 Å². The third-order valence-corrected chi connectivity index (χ3v) is 5.81. The third kappa shape index (κ3) is 1.86. The number of benzene rings is 1. The molecule has 1 N–H and O–H groups in total. The van der Waals surface area contributed by atoms with E-state index in [1.807, 2.05) is 0 Å². The maximum atomic E-state index is 10.4. The van der Waals surface area contributed by atoms with Crippen molar-refractivity contribution >= 4 is 0 Å². The summed E-state index contributed by atoms with van der Waals surface area (Å²) in [7, 11) is 0. The van der Waals surface area contributed by atoms with Gasteiger partial charge in [0, 0.05) is 0 Å². The third-order valence-electron chi connectivity index (χ3n) is 5.81. The van der Waals surface area contributed by atoms with Crippen molar-refractivity contribution in [2.75, 3.05) is 0 Å². The van der Waals surface area contributed by atoms with Crippen LogP contribution in [0, 0.1) is 0 Å². The highest BCUT2D eigenvalue weighted by atomic mass is 16.3. The molecule has 2 aliphatic rings. The fraction of sp³-hybridized carbons (Fsp3) is 0.684. The van der Waals surface area contributed by atoms with Gasteiger partial charge in [-0.25, -0.2) is 0 Å². The van der Waals surface area contributed by atoms with Crippen molar-refractivity contribution in [2.24, 2.45) is 0 Å². The predicted octanol–water partition coefficient (Wildman–Crippen LogP) is 4.75. The molecule has 1 heteroatoms. The van der Waals surface area contributed by atoms with Crippen LogP contribution >= 0.6 is 0 Å². The van der Waals surface area contributed by atoms with E-state index in [9.17, 15) is 5.11 Å². The first-order valence-electron chi connectivity index (χ1n) is 7.92. The lowest BCUT2D eigenvalue weighted by atomic mass is 9.62. The summed E-state index contributed by atoms with van der Waals surface area (Å²) in [6.07, 6.45) is 3.04. The lowest BCUT2D eigenvalue weighted by Crippen LogP contribution is -2.34. The molecule has 0 spiro atoms. The Morgan fingerprint density at radius 2 is 1.30 bits per heavy atom. The standard InChI is InChI=1S/C19H28O/c1-17(2)7-8-18(3,4)15-10-13-12(9-14(15)17)16(20)11-19(13,5)6/h9-10,16,20H,7-8,11H2,1-6H3. The number of aliphatic hydroxyl groups excluding tert-OH is 1. The van der Waals surface area contributed by atoms with Crippen molar-refractivity contribution in [2.45, 2.75) is 83.2 Å². The summed E-state index contributed by atoms with van der Waals surface area (Å²) in [5.74, 6) is 0. The number of hydrogen-bond acceptors (Lipinski definition) is 1. The highest BCUT2D eigenvalue weighted by molar-refractivity contribution is 5.52. The van der Waals surface area contributed by atoms with Gasteiger partial charge >= 0.3 is 0 Å². The SMILES string of the molecule is CC1(C)CC(O)c2cc3c(cc21)C(C)(C)CCC3(C)C. The molecule has 110 valence electrons. The number of fused-ring (bicyclic) bond motifs is 2. The average Bonchev–Trinajstić information content (AvgIpc) is 2.55. The van der Waals surface area contributed by atoms with Gasteiger partial charge in [-0.2, -0.15) is 0 Å². The van der Waals surface area contributed by atoms with Crippen LogP contribution in [-0.4, -0.2) is 5.11 Å². The van der Waals surface area contributed by atoms with Gasteiger partial charge in [-0.15, -0.1) is 0 Å². The van der Waals surface area contributed by atoms with Crippen molar-refractivity contribution in [1.82, 2.24) is 0 Å². The fourth-order valence-corrected chi connectivity index (χ4v) is 4.20. The van der Waals surface area contributed by atoms with Gasteiger partial charge in [-0.05, 0) is 57.8 Å². The van der Waals surface area contributed by atoms with E-state index in [0.717, 1.165) is 6.42 Å². The van der Waals surface area contributed by atoms with Crippen LogP contribution in [0.5, 0.6) is 0 Å². The zero-order valence-electron chi connectivity index (χ0n) is 13.8. The fourth-order valence-electron chi connectivity index (χ4n) is 4.20. The predicted molar refractivity (Wildman–Crippen MR) is 84.3 cm³/mol. The van der Waals surface area contributed by atoms with Crippen LogP contribution < -0.4 is 0 Å². The molecule has 0 fully saturated rings. The van der Waals surface area contributed by atoms with Gasteiger partial charge in [0.15, 0.2) is 0 Å². The molecule has 0 heterocycles. The van der Waals surface area contributed by atoms with Crippen LogP contribution in [0.4, 0.5) is 0 Å². The van der Waals surface area contributed by atoms with Crippen LogP contribution in [0.15, 0.2) is 12.1 Å². The number of hydrogen-bond donors (Lipinski definition) is 1. The van der Waals surface area contributed by atoms with E-state index in [4.69, 9.17) is 0 Å². The Morgan fingerprint density at radius 3 is 1.85 bits per heavy atom. The maximum absolute atomic E-state index is 10.4. The lowest BCUT2D eigenvalue weighted by molar-refractivity contribution is 0.161. The van der Waals surface area contributed by atoms with Gasteiger partial charge in [0.05, 0.1) is 6.10 Å². The summed E-state index contributed by atoms with van der Waals surface area (Å²) >= 11 is 0. The summed E-state index contributed by atoms with van der Waals surface area (Å²) in [6, 6.07) is 4.74. The molecular weight excluding hydrogens is 244 g/mol. The van der Waals surface area contributed by atoms with Gasteiger partial charge < -0.3 is 5.11 Å². The Morgan fingerprint density at radius 1 is 0.800 bits per heavy atom. The highest BCUT2D eigenvalue weighted by Crippen LogP contribution is 2.52. The highest BCUT2D eigenvalue weighted by Gasteiger charge is 2.42. The van der Waals surface area contributed by atoms with Crippen LogP contribution in [0.3, 0.4) is 0 Å². The second-order valence-electron chi connectivity index (χ2n) is 8.86. The van der Waals surface area contributed by atoms with E-state index in [1.54, 1.807) is 0 Å². The van der Waals surface area contributed by atoms with E-state index < -0.39 is 0 Å². The van der Waals surface area contributed by atoms with Crippen LogP contribution in [0.2, 0.25) is 0 Å². The van der Waals surface area contributed by atoms with Crippen LogP contribution in [0.1, 0.15) is 89.2 Å². The molecule has 0 saturated carbocycles. The zero-order chi connectivity index (χ0) is 14.9. The first-order chi connectivity index (χ1) is 9.05. The van der Waals surface area contributed by atoms with Gasteiger partial charge in [-0.1, -0.05) is 53.7 Å². The Hall–Kier alpha value is -0.820. The van der Waals surface area contributed by atoms with E-state index in [1.165, 1.54) is 35.1 Å². The summed E-state index contributed by atoms with van der Waals surface area (Å²) in [4.78, 5) is 0. The molecule has 0 saturated heterocycles. The van der Waals surface area contributed by atoms with Gasteiger partial charge in [0.25, 0.3) is 0 Å². The molecule has 1 nitrogen and oxygen atoms in total. The van der Waals surface area contributed by atoms with E-state index >= 15 is 0 Å². The molecule has 1 aromatic rings. The van der Waals surface area contributed by atoms with E-state index in [-0.39, 0.29) is 22.3 Å². The van der Waals surface area contributed by atoms with E-state index in [2.05, 4.69) is 53.7 Å². The minimum absolute atomic E-state index is 0.0987. The van der Waals surface area contributed by atoms with Crippen LogP contribution in [0.25, 0.3) is 0 Å². The van der Waals surface area contributed by atoms with E-state index in [0.29, 0.717) is 0 Å². The molecule has 1 unspecified atom stereocenters. The average molecular weight is 272 g/mol. The number of aliphatic hydroxyl groups is 1. The summed E-state index contributed by atoms with van der Waals surface area (Å²) in [6.45, 7) is 13.9. The summed E-state index contributed by atoms with van der Waals surface area (Å²) < 4.78 is 0. The molecule has 1 atom stereocenters. The summed E-state index contributed by atoms with van der Waals surface area (Å²) in [5.41, 5.74) is 6.10. The minimum atomic E-state index is -0.286. The normalized spacial score (nSPS) is 28.9. The zero-order valence-corrected chi connectivity index (χ0v) is 13.8. The smallest absolute Gasteiger partial charge is 0.0801 e. The van der Waals surface area contributed by atoms with Crippen molar-refractivity contribution in [3.63, 3.8) is 0 Å². The van der Waals surface area contributed by atoms with Crippen molar-refractivity contribution < 1.29 is 5.11 Å². The second-order valence-corrected chi connectivity index (χ2v) is 8.86. The number of rotatable bonds is 0. The Labute approximate surface area is 123 Å². The Kier molecular flexibility index (Phi) is 2.74.